The minimum absolute atomic E-state index is 0.0203. The van der Waals surface area contributed by atoms with Crippen molar-refractivity contribution in [1.82, 2.24) is 0 Å². The van der Waals surface area contributed by atoms with Crippen LogP contribution in [0.5, 0.6) is 0 Å². The third kappa shape index (κ3) is 3.26. The lowest BCUT2D eigenvalue weighted by Crippen LogP contribution is -2.41. The molecule has 2 aliphatic rings. The van der Waals surface area contributed by atoms with Gasteiger partial charge in [-0.1, -0.05) is 24.6 Å². The number of hydrogen-bond donors (Lipinski definition) is 2. The molecule has 4 rings (SSSR count). The second-order valence-corrected chi connectivity index (χ2v) is 7.58. The molecule has 1 heterocycles. The van der Waals surface area contributed by atoms with Gasteiger partial charge in [0.1, 0.15) is 0 Å². The van der Waals surface area contributed by atoms with E-state index in [1.165, 1.54) is 5.56 Å². The summed E-state index contributed by atoms with van der Waals surface area (Å²) in [5, 5.41) is 12.1. The number of hydrogen-bond acceptors (Lipinski definition) is 3. The molecule has 0 atom stereocenters. The first-order valence-corrected chi connectivity index (χ1v) is 9.52. The molecule has 0 aromatic heterocycles. The lowest BCUT2D eigenvalue weighted by molar-refractivity contribution is -0.157. The quantitative estimate of drug-likeness (QED) is 0.834. The van der Waals surface area contributed by atoms with Crippen molar-refractivity contribution >= 4 is 29.2 Å². The molecule has 2 amide bonds. The standard InChI is InChI=1S/C22H22N2O4/c25-19(14-22(21(27)28)11-3-12-22)23-17-8-6-16(7-9-17)20(26)24-13-10-15-4-1-2-5-18(15)24/h1-2,4-9H,3,10-14H2,(H,23,25)(H,27,28). The number of carboxylic acid groups (broad SMARTS) is 1. The molecule has 6 heteroatoms. The van der Waals surface area contributed by atoms with Crippen LogP contribution in [-0.4, -0.2) is 29.4 Å². The van der Waals surface area contributed by atoms with Crippen LogP contribution in [-0.2, 0) is 16.0 Å². The van der Waals surface area contributed by atoms with E-state index < -0.39 is 11.4 Å². The van der Waals surface area contributed by atoms with E-state index in [1.54, 1.807) is 29.2 Å². The Kier molecular flexibility index (Phi) is 4.63. The number of nitrogens with one attached hydrogen (secondary N) is 1. The number of carboxylic acids is 1. The zero-order valence-corrected chi connectivity index (χ0v) is 15.5. The summed E-state index contributed by atoms with van der Waals surface area (Å²) in [6, 6.07) is 14.6. The van der Waals surface area contributed by atoms with Crippen molar-refractivity contribution in [1.29, 1.82) is 0 Å². The predicted molar refractivity (Wildman–Crippen MR) is 105 cm³/mol. The Morgan fingerprint density at radius 3 is 2.39 bits per heavy atom. The van der Waals surface area contributed by atoms with Crippen molar-refractivity contribution in [2.24, 2.45) is 5.41 Å². The van der Waals surface area contributed by atoms with Crippen LogP contribution in [0.4, 0.5) is 11.4 Å². The van der Waals surface area contributed by atoms with E-state index in [2.05, 4.69) is 5.32 Å². The lowest BCUT2D eigenvalue weighted by atomic mass is 9.66. The maximum absolute atomic E-state index is 12.8. The van der Waals surface area contributed by atoms with Crippen LogP contribution in [0.15, 0.2) is 48.5 Å². The number of carbonyl (C=O) groups excluding carboxylic acids is 2. The highest BCUT2D eigenvalue weighted by molar-refractivity contribution is 6.07. The maximum Gasteiger partial charge on any atom is 0.310 e. The summed E-state index contributed by atoms with van der Waals surface area (Å²) >= 11 is 0. The van der Waals surface area contributed by atoms with Crippen LogP contribution >= 0.6 is 0 Å². The first-order chi connectivity index (χ1) is 13.5. The Balaban J connectivity index is 1.41. The predicted octanol–water partition coefficient (Wildman–Crippen LogP) is 3.47. The zero-order chi connectivity index (χ0) is 19.7. The number of benzene rings is 2. The van der Waals surface area contributed by atoms with E-state index in [-0.39, 0.29) is 18.2 Å². The van der Waals surface area contributed by atoms with Gasteiger partial charge in [0.05, 0.1) is 5.41 Å². The van der Waals surface area contributed by atoms with Crippen molar-refractivity contribution in [2.75, 3.05) is 16.8 Å². The Morgan fingerprint density at radius 1 is 1.04 bits per heavy atom. The van der Waals surface area contributed by atoms with Gasteiger partial charge in [-0.2, -0.15) is 0 Å². The molecule has 1 fully saturated rings. The molecule has 0 saturated heterocycles. The van der Waals surface area contributed by atoms with Gasteiger partial charge in [0.15, 0.2) is 0 Å². The minimum atomic E-state index is -0.914. The van der Waals surface area contributed by atoms with Crippen LogP contribution in [0.25, 0.3) is 0 Å². The van der Waals surface area contributed by atoms with E-state index >= 15 is 0 Å². The zero-order valence-electron chi connectivity index (χ0n) is 15.5. The summed E-state index contributed by atoms with van der Waals surface area (Å²) in [5.41, 5.74) is 2.31. The monoisotopic (exact) mass is 378 g/mol. The number of rotatable bonds is 5. The summed E-state index contributed by atoms with van der Waals surface area (Å²) in [6.45, 7) is 0.661. The molecule has 0 unspecified atom stereocenters. The highest BCUT2D eigenvalue weighted by Crippen LogP contribution is 2.44. The van der Waals surface area contributed by atoms with Gasteiger partial charge < -0.3 is 15.3 Å². The molecule has 0 bridgehead atoms. The Hall–Kier alpha value is -3.15. The highest BCUT2D eigenvalue weighted by Gasteiger charge is 2.45. The number of fused-ring (bicyclic) bond motifs is 1. The summed E-state index contributed by atoms with van der Waals surface area (Å²) in [7, 11) is 0. The summed E-state index contributed by atoms with van der Waals surface area (Å²) in [6.07, 6.45) is 2.76. The molecule has 0 radical (unpaired) electrons. The van der Waals surface area contributed by atoms with Crippen LogP contribution in [0.1, 0.15) is 41.6 Å². The minimum Gasteiger partial charge on any atom is -0.481 e. The van der Waals surface area contributed by atoms with Crippen molar-refractivity contribution in [3.8, 4) is 0 Å². The third-order valence-electron chi connectivity index (χ3n) is 5.81. The van der Waals surface area contributed by atoms with E-state index in [0.717, 1.165) is 18.5 Å². The molecule has 1 aliphatic carbocycles. The third-order valence-corrected chi connectivity index (χ3v) is 5.81. The van der Waals surface area contributed by atoms with E-state index in [1.807, 2.05) is 24.3 Å². The number of aliphatic carboxylic acids is 1. The number of para-hydroxylation sites is 1. The van der Waals surface area contributed by atoms with Gasteiger partial charge >= 0.3 is 5.97 Å². The lowest BCUT2D eigenvalue weighted by Gasteiger charge is -2.36. The van der Waals surface area contributed by atoms with E-state index in [9.17, 15) is 19.5 Å². The molecule has 144 valence electrons. The summed E-state index contributed by atoms with van der Waals surface area (Å²) < 4.78 is 0. The van der Waals surface area contributed by atoms with Crippen LogP contribution in [0, 0.1) is 5.41 Å². The number of anilines is 2. The Morgan fingerprint density at radius 2 is 1.75 bits per heavy atom. The number of carbonyl (C=O) groups is 3. The van der Waals surface area contributed by atoms with Crippen molar-refractivity contribution in [2.45, 2.75) is 32.1 Å². The topological polar surface area (TPSA) is 86.7 Å². The number of amides is 2. The Labute approximate surface area is 163 Å². The fraction of sp³-hybridized carbons (Fsp3) is 0.318. The SMILES string of the molecule is O=C(CC1(C(=O)O)CCC1)Nc1ccc(C(=O)N2CCc3ccccc32)cc1. The molecule has 2 N–H and O–H groups in total. The molecular weight excluding hydrogens is 356 g/mol. The molecule has 1 saturated carbocycles. The smallest absolute Gasteiger partial charge is 0.310 e. The van der Waals surface area contributed by atoms with Gasteiger partial charge in [-0.25, -0.2) is 0 Å². The second-order valence-electron chi connectivity index (χ2n) is 7.58. The second kappa shape index (κ2) is 7.11. The van der Waals surface area contributed by atoms with Gasteiger partial charge in [-0.05, 0) is 55.2 Å². The van der Waals surface area contributed by atoms with E-state index in [0.29, 0.717) is 30.6 Å². The largest absolute Gasteiger partial charge is 0.481 e. The van der Waals surface area contributed by atoms with E-state index in [4.69, 9.17) is 0 Å². The molecule has 6 nitrogen and oxygen atoms in total. The average molecular weight is 378 g/mol. The van der Waals surface area contributed by atoms with Gasteiger partial charge in [0.2, 0.25) is 5.91 Å². The summed E-state index contributed by atoms with van der Waals surface area (Å²) in [5.74, 6) is -1.28. The van der Waals surface area contributed by atoms with Gasteiger partial charge in [0, 0.05) is 29.9 Å². The summed E-state index contributed by atoms with van der Waals surface area (Å²) in [4.78, 5) is 38.2. The molecule has 1 aliphatic heterocycles. The van der Waals surface area contributed by atoms with Crippen molar-refractivity contribution in [3.63, 3.8) is 0 Å². The maximum atomic E-state index is 12.8. The fourth-order valence-corrected chi connectivity index (χ4v) is 3.98. The molecule has 2 aromatic rings. The molecular formula is C22H22N2O4. The van der Waals surface area contributed by atoms with Crippen LogP contribution < -0.4 is 10.2 Å². The van der Waals surface area contributed by atoms with Crippen molar-refractivity contribution in [3.05, 3.63) is 59.7 Å². The first kappa shape index (κ1) is 18.2. The molecule has 2 aromatic carbocycles. The molecule has 0 spiro atoms. The number of nitrogens with zero attached hydrogens (tertiary/aromatic N) is 1. The van der Waals surface area contributed by atoms with Gasteiger partial charge in [0.25, 0.3) is 5.91 Å². The molecule has 28 heavy (non-hydrogen) atoms. The van der Waals surface area contributed by atoms with Crippen LogP contribution in [0.2, 0.25) is 0 Å². The highest BCUT2D eigenvalue weighted by atomic mass is 16.4. The van der Waals surface area contributed by atoms with Crippen LogP contribution in [0.3, 0.4) is 0 Å². The fourth-order valence-electron chi connectivity index (χ4n) is 3.98. The van der Waals surface area contributed by atoms with Gasteiger partial charge in [-0.3, -0.25) is 14.4 Å². The average Bonchev–Trinajstić information content (AvgIpc) is 3.08. The first-order valence-electron chi connectivity index (χ1n) is 9.52. The Bertz CT molecular complexity index is 932. The normalized spacial score (nSPS) is 16.8. The van der Waals surface area contributed by atoms with Gasteiger partial charge in [-0.15, -0.1) is 0 Å². The van der Waals surface area contributed by atoms with Crippen molar-refractivity contribution < 1.29 is 19.5 Å².